The first-order chi connectivity index (χ1) is 9.33. The van der Waals surface area contributed by atoms with Gasteiger partial charge in [-0.15, -0.1) is 0 Å². The fraction of sp³-hybridized carbons (Fsp3) is 0.167. The van der Waals surface area contributed by atoms with Crippen LogP contribution >= 0.6 is 0 Å². The van der Waals surface area contributed by atoms with Crippen molar-refractivity contribution >= 4 is 31.0 Å². The normalized spacial score (nSPS) is 12.7. The maximum absolute atomic E-state index is 11.8. The van der Waals surface area contributed by atoms with E-state index in [1.165, 1.54) is 36.4 Å². The van der Waals surface area contributed by atoms with Crippen LogP contribution < -0.4 is 0 Å². The Morgan fingerprint density at radius 1 is 0.700 bits per heavy atom. The van der Waals surface area contributed by atoms with E-state index >= 15 is 0 Å². The van der Waals surface area contributed by atoms with Crippen molar-refractivity contribution in [2.45, 2.75) is 9.79 Å². The molecule has 2 aromatic carbocycles. The number of hydrogen-bond donors (Lipinski definition) is 0. The summed E-state index contributed by atoms with van der Waals surface area (Å²) in [6, 6.07) is 8.62. The Kier molecular flexibility index (Phi) is 3.83. The van der Waals surface area contributed by atoms with Gasteiger partial charge in [-0.25, -0.2) is 0 Å². The summed E-state index contributed by atoms with van der Waals surface area (Å²) in [5.41, 5.74) is 0. The van der Waals surface area contributed by atoms with E-state index in [-0.39, 0.29) is 20.6 Å². The Labute approximate surface area is 117 Å². The van der Waals surface area contributed by atoms with Gasteiger partial charge in [-0.1, -0.05) is 24.3 Å². The van der Waals surface area contributed by atoms with Crippen LogP contribution in [0.4, 0.5) is 0 Å². The molecule has 0 aromatic heterocycles. The van der Waals surface area contributed by atoms with Gasteiger partial charge in [0.1, 0.15) is 9.79 Å². The Balaban J connectivity index is 2.91. The van der Waals surface area contributed by atoms with Crippen LogP contribution in [0.5, 0.6) is 0 Å². The second kappa shape index (κ2) is 5.13. The molecule has 0 saturated carbocycles. The molecule has 0 aliphatic rings. The van der Waals surface area contributed by atoms with Gasteiger partial charge in [-0.2, -0.15) is 16.8 Å². The van der Waals surface area contributed by atoms with E-state index in [9.17, 15) is 16.8 Å². The van der Waals surface area contributed by atoms with Crippen molar-refractivity contribution < 1.29 is 25.2 Å². The minimum absolute atomic E-state index is 0.0920. The van der Waals surface area contributed by atoms with Crippen molar-refractivity contribution in [3.8, 4) is 0 Å². The van der Waals surface area contributed by atoms with E-state index in [0.717, 1.165) is 14.2 Å². The van der Waals surface area contributed by atoms with Crippen LogP contribution in [0, 0.1) is 0 Å². The lowest BCUT2D eigenvalue weighted by atomic mass is 10.1. The Bertz CT molecular complexity index is 779. The van der Waals surface area contributed by atoms with Crippen LogP contribution in [0.25, 0.3) is 10.8 Å². The van der Waals surface area contributed by atoms with Gasteiger partial charge in [0, 0.05) is 10.8 Å². The molecule has 0 aliphatic carbocycles. The molecule has 0 aliphatic heterocycles. The minimum atomic E-state index is -3.93. The van der Waals surface area contributed by atoms with Gasteiger partial charge in [0.2, 0.25) is 0 Å². The first-order valence-electron chi connectivity index (χ1n) is 5.46. The fourth-order valence-corrected chi connectivity index (χ4v) is 3.61. The molecule has 0 spiro atoms. The van der Waals surface area contributed by atoms with Crippen molar-refractivity contribution in [2.75, 3.05) is 14.2 Å². The third-order valence-corrected chi connectivity index (χ3v) is 5.49. The van der Waals surface area contributed by atoms with Crippen LogP contribution in [0.2, 0.25) is 0 Å². The largest absolute Gasteiger partial charge is 0.297 e. The van der Waals surface area contributed by atoms with Crippen molar-refractivity contribution in [2.24, 2.45) is 0 Å². The molecule has 0 saturated heterocycles. The highest BCUT2D eigenvalue weighted by molar-refractivity contribution is 7.87. The summed E-state index contributed by atoms with van der Waals surface area (Å²) in [6.45, 7) is 0. The summed E-state index contributed by atoms with van der Waals surface area (Å²) in [6.07, 6.45) is 0. The zero-order chi connectivity index (χ0) is 15.0. The van der Waals surface area contributed by atoms with E-state index in [0.29, 0.717) is 0 Å². The second-order valence-electron chi connectivity index (χ2n) is 3.85. The molecule has 0 amide bonds. The minimum Gasteiger partial charge on any atom is -0.270 e. The van der Waals surface area contributed by atoms with E-state index in [2.05, 4.69) is 8.37 Å². The van der Waals surface area contributed by atoms with Gasteiger partial charge in [0.25, 0.3) is 20.2 Å². The zero-order valence-electron chi connectivity index (χ0n) is 10.7. The lowest BCUT2D eigenvalue weighted by molar-refractivity contribution is 0.397. The fourth-order valence-electron chi connectivity index (χ4n) is 1.87. The molecule has 0 radical (unpaired) electrons. The number of rotatable bonds is 4. The molecule has 2 aromatic rings. The summed E-state index contributed by atoms with van der Waals surface area (Å²) in [5, 5.41) is 0.514. The average molecular weight is 316 g/mol. The van der Waals surface area contributed by atoms with Crippen LogP contribution in [-0.4, -0.2) is 31.1 Å². The third-order valence-electron chi connectivity index (χ3n) is 2.82. The molecular formula is C12H12O6S2. The quantitative estimate of drug-likeness (QED) is 0.795. The Morgan fingerprint density at radius 2 is 1.05 bits per heavy atom. The first-order valence-corrected chi connectivity index (χ1v) is 8.28. The number of hydrogen-bond acceptors (Lipinski definition) is 6. The lowest BCUT2D eigenvalue weighted by Gasteiger charge is -2.09. The predicted octanol–water partition coefficient (Wildman–Crippen LogP) is 1.51. The van der Waals surface area contributed by atoms with E-state index in [1.807, 2.05) is 0 Å². The van der Waals surface area contributed by atoms with E-state index in [4.69, 9.17) is 0 Å². The molecule has 0 heterocycles. The maximum atomic E-state index is 11.8. The van der Waals surface area contributed by atoms with Gasteiger partial charge >= 0.3 is 0 Å². The molecule has 0 N–H and O–H groups in total. The molecule has 108 valence electrons. The molecule has 20 heavy (non-hydrogen) atoms. The zero-order valence-corrected chi connectivity index (χ0v) is 12.4. The van der Waals surface area contributed by atoms with E-state index < -0.39 is 20.2 Å². The van der Waals surface area contributed by atoms with Crippen LogP contribution in [0.15, 0.2) is 46.2 Å². The third kappa shape index (κ3) is 2.42. The lowest BCUT2D eigenvalue weighted by Crippen LogP contribution is -2.06. The molecule has 0 fully saturated rings. The van der Waals surface area contributed by atoms with Crippen molar-refractivity contribution in [3.05, 3.63) is 36.4 Å². The number of fused-ring (bicyclic) bond motifs is 1. The SMILES string of the molecule is COS(=O)(=O)c1cccc2c(S(=O)(=O)OC)cccc12. The molecule has 0 atom stereocenters. The second-order valence-corrected chi connectivity index (χ2v) is 7.21. The van der Waals surface area contributed by atoms with Gasteiger partial charge in [-0.05, 0) is 12.1 Å². The first kappa shape index (κ1) is 14.9. The van der Waals surface area contributed by atoms with Crippen molar-refractivity contribution in [3.63, 3.8) is 0 Å². The van der Waals surface area contributed by atoms with Crippen molar-refractivity contribution in [1.29, 1.82) is 0 Å². The summed E-state index contributed by atoms with van der Waals surface area (Å²) in [4.78, 5) is -0.184. The monoisotopic (exact) mass is 316 g/mol. The van der Waals surface area contributed by atoms with Gasteiger partial charge in [0.05, 0.1) is 14.2 Å². The molecule has 2 rings (SSSR count). The number of benzene rings is 2. The summed E-state index contributed by atoms with van der Waals surface area (Å²) in [7, 11) is -5.77. The summed E-state index contributed by atoms with van der Waals surface area (Å²) in [5.74, 6) is 0. The van der Waals surface area contributed by atoms with Crippen LogP contribution in [0.3, 0.4) is 0 Å². The van der Waals surface area contributed by atoms with Gasteiger partial charge < -0.3 is 0 Å². The smallest absolute Gasteiger partial charge is 0.270 e. The molecule has 8 heteroatoms. The van der Waals surface area contributed by atoms with Gasteiger partial charge in [-0.3, -0.25) is 8.37 Å². The average Bonchev–Trinajstić information content (AvgIpc) is 2.45. The molecular weight excluding hydrogens is 304 g/mol. The Hall–Kier alpha value is -1.48. The molecule has 6 nitrogen and oxygen atoms in total. The molecule has 0 bridgehead atoms. The van der Waals surface area contributed by atoms with Crippen LogP contribution in [-0.2, 0) is 28.6 Å². The molecule has 0 unspecified atom stereocenters. The maximum Gasteiger partial charge on any atom is 0.297 e. The van der Waals surface area contributed by atoms with Gasteiger partial charge in [0.15, 0.2) is 0 Å². The predicted molar refractivity (Wildman–Crippen MR) is 72.3 cm³/mol. The highest BCUT2D eigenvalue weighted by Gasteiger charge is 2.21. The highest BCUT2D eigenvalue weighted by atomic mass is 32.2. The topological polar surface area (TPSA) is 86.7 Å². The van der Waals surface area contributed by atoms with E-state index in [1.54, 1.807) is 0 Å². The standard InChI is InChI=1S/C12H12O6S2/c1-17-19(13,14)11-7-3-6-10-9(11)5-4-8-12(10)20(15,16)18-2/h3-8H,1-2H3. The summed E-state index contributed by atoms with van der Waals surface area (Å²) < 4.78 is 56.3. The Morgan fingerprint density at radius 3 is 1.35 bits per heavy atom. The van der Waals surface area contributed by atoms with Crippen molar-refractivity contribution in [1.82, 2.24) is 0 Å². The van der Waals surface area contributed by atoms with Crippen LogP contribution in [0.1, 0.15) is 0 Å². The highest BCUT2D eigenvalue weighted by Crippen LogP contribution is 2.29. The summed E-state index contributed by atoms with van der Waals surface area (Å²) >= 11 is 0.